The van der Waals surface area contributed by atoms with Gasteiger partial charge in [0, 0.05) is 5.92 Å². The van der Waals surface area contributed by atoms with Crippen LogP contribution >= 0.6 is 0 Å². The van der Waals surface area contributed by atoms with Gasteiger partial charge in [0.05, 0.1) is 31.0 Å². The molecule has 0 bridgehead atoms. The Morgan fingerprint density at radius 2 is 1.03 bits per heavy atom. The van der Waals surface area contributed by atoms with Crippen LogP contribution in [0.4, 0.5) is 0 Å². The van der Waals surface area contributed by atoms with Crippen LogP contribution in [-0.4, -0.2) is 128 Å². The van der Waals surface area contributed by atoms with Crippen molar-refractivity contribution in [2.24, 2.45) is 5.92 Å². The number of hydrogen-bond acceptors (Lipinski definition) is 12. The van der Waals surface area contributed by atoms with Crippen LogP contribution in [0.2, 0.25) is 0 Å². The van der Waals surface area contributed by atoms with Gasteiger partial charge in [0.1, 0.15) is 48.8 Å². The predicted octanol–water partition coefficient (Wildman–Crippen LogP) is -2.00. The summed E-state index contributed by atoms with van der Waals surface area (Å²) in [4.78, 5) is 0. The fourth-order valence-electron chi connectivity index (χ4n) is 5.18. The molecule has 0 aliphatic carbocycles. The standard InChI is InChI=1S/C23H42O12/c1-5-10-9(4)20(16(27)13(8-24)31-10)34-23-19(30)21(15(26)12(7-3)33-23)35-22-18(29)17(28)14(25)11(6-2)32-22/h9-30H,5-8H2,1-4H3/t9?,10?,11-,12-,13-,14-,15-,16?,17?,18?,19?,20+,21?,22+,23-/m0/s1. The zero-order valence-electron chi connectivity index (χ0n) is 20.7. The smallest absolute Gasteiger partial charge is 0.187 e. The Hall–Kier alpha value is -0.480. The monoisotopic (exact) mass is 510 g/mol. The van der Waals surface area contributed by atoms with E-state index in [4.69, 9.17) is 23.7 Å². The lowest BCUT2D eigenvalue weighted by Gasteiger charge is -2.49. The SMILES string of the molecule is CCC1O[C@@H](CO)C(O)[C@H](O[C@@H]2O[C@@H](CC)[C@H](O)C(O[C@H]3O[C@@H](CC)[C@H](O)C(O)C3O)C2O)C1C. The lowest BCUT2D eigenvalue weighted by molar-refractivity contribution is -0.369. The summed E-state index contributed by atoms with van der Waals surface area (Å²) in [5.41, 5.74) is 0. The lowest BCUT2D eigenvalue weighted by atomic mass is 9.86. The maximum atomic E-state index is 11.1. The third-order valence-corrected chi connectivity index (χ3v) is 7.45. The summed E-state index contributed by atoms with van der Waals surface area (Å²) in [5.74, 6) is -0.301. The molecule has 35 heavy (non-hydrogen) atoms. The number of rotatable bonds is 8. The molecule has 0 aromatic rings. The second-order valence-electron chi connectivity index (χ2n) is 9.71. The first kappa shape index (κ1) is 29.1. The Morgan fingerprint density at radius 1 is 0.543 bits per heavy atom. The largest absolute Gasteiger partial charge is 0.394 e. The highest BCUT2D eigenvalue weighted by molar-refractivity contribution is 4.96. The number of aliphatic hydroxyl groups excluding tert-OH is 7. The minimum atomic E-state index is -1.62. The van der Waals surface area contributed by atoms with Gasteiger partial charge in [-0.1, -0.05) is 27.7 Å². The molecule has 7 unspecified atom stereocenters. The van der Waals surface area contributed by atoms with E-state index in [1.807, 2.05) is 13.8 Å². The normalized spacial score (nSPS) is 51.3. The van der Waals surface area contributed by atoms with E-state index in [2.05, 4.69) is 0 Å². The molecule has 3 saturated heterocycles. The molecule has 0 spiro atoms. The van der Waals surface area contributed by atoms with E-state index in [1.165, 1.54) is 0 Å². The Labute approximate surface area is 205 Å². The van der Waals surface area contributed by atoms with Crippen molar-refractivity contribution in [2.75, 3.05) is 6.61 Å². The fraction of sp³-hybridized carbons (Fsp3) is 1.00. The van der Waals surface area contributed by atoms with Crippen LogP contribution in [0.1, 0.15) is 47.0 Å². The highest BCUT2D eigenvalue weighted by atomic mass is 16.7. The summed E-state index contributed by atoms with van der Waals surface area (Å²) in [5, 5.41) is 73.0. The van der Waals surface area contributed by atoms with Gasteiger partial charge in [0.2, 0.25) is 0 Å². The summed E-state index contributed by atoms with van der Waals surface area (Å²) < 4.78 is 29.0. The molecule has 0 saturated carbocycles. The zero-order chi connectivity index (χ0) is 26.0. The lowest BCUT2D eigenvalue weighted by Crippen LogP contribution is -2.65. The second-order valence-corrected chi connectivity index (χ2v) is 9.71. The molecule has 0 radical (unpaired) electrons. The van der Waals surface area contributed by atoms with E-state index in [1.54, 1.807) is 13.8 Å². The van der Waals surface area contributed by atoms with Gasteiger partial charge in [0.25, 0.3) is 0 Å². The summed E-state index contributed by atoms with van der Waals surface area (Å²) in [6.45, 7) is 6.82. The van der Waals surface area contributed by atoms with Crippen LogP contribution in [0.3, 0.4) is 0 Å². The molecule has 0 aromatic heterocycles. The summed E-state index contributed by atoms with van der Waals surface area (Å²) in [6.07, 6.45) is -15.0. The van der Waals surface area contributed by atoms with Gasteiger partial charge in [-0.15, -0.1) is 0 Å². The second kappa shape index (κ2) is 12.4. The molecular weight excluding hydrogens is 468 g/mol. The van der Waals surface area contributed by atoms with Crippen molar-refractivity contribution in [2.45, 2.75) is 133 Å². The first-order chi connectivity index (χ1) is 16.6. The van der Waals surface area contributed by atoms with Crippen LogP contribution in [0, 0.1) is 5.92 Å². The molecule has 3 fully saturated rings. The Balaban J connectivity index is 1.79. The zero-order valence-corrected chi connectivity index (χ0v) is 20.7. The molecule has 0 amide bonds. The van der Waals surface area contributed by atoms with Crippen molar-refractivity contribution >= 4 is 0 Å². The molecule has 15 atom stereocenters. The molecule has 0 aromatic carbocycles. The summed E-state index contributed by atoms with van der Waals surface area (Å²) in [6, 6.07) is 0. The van der Waals surface area contributed by atoms with Crippen molar-refractivity contribution in [1.29, 1.82) is 0 Å². The highest BCUT2D eigenvalue weighted by Gasteiger charge is 2.52. The first-order valence-electron chi connectivity index (χ1n) is 12.6. The Bertz CT molecular complexity index is 636. The van der Waals surface area contributed by atoms with E-state index in [9.17, 15) is 35.7 Å². The van der Waals surface area contributed by atoms with Gasteiger partial charge in [0.15, 0.2) is 12.6 Å². The van der Waals surface area contributed by atoms with E-state index >= 15 is 0 Å². The van der Waals surface area contributed by atoms with Crippen LogP contribution < -0.4 is 0 Å². The third kappa shape index (κ3) is 5.84. The van der Waals surface area contributed by atoms with Gasteiger partial charge in [-0.25, -0.2) is 0 Å². The molecular formula is C23H42O12. The predicted molar refractivity (Wildman–Crippen MR) is 119 cm³/mol. The molecule has 3 aliphatic rings. The van der Waals surface area contributed by atoms with Crippen molar-refractivity contribution in [3.05, 3.63) is 0 Å². The van der Waals surface area contributed by atoms with E-state index in [0.29, 0.717) is 19.3 Å². The fourth-order valence-corrected chi connectivity index (χ4v) is 5.18. The van der Waals surface area contributed by atoms with Crippen molar-refractivity contribution in [1.82, 2.24) is 0 Å². The van der Waals surface area contributed by atoms with Crippen LogP contribution in [-0.2, 0) is 23.7 Å². The number of hydrogen-bond donors (Lipinski definition) is 7. The third-order valence-electron chi connectivity index (χ3n) is 7.45. The topological polar surface area (TPSA) is 188 Å². The van der Waals surface area contributed by atoms with Crippen LogP contribution in [0.25, 0.3) is 0 Å². The van der Waals surface area contributed by atoms with Crippen LogP contribution in [0.5, 0.6) is 0 Å². The maximum Gasteiger partial charge on any atom is 0.187 e. The molecule has 7 N–H and O–H groups in total. The summed E-state index contributed by atoms with van der Waals surface area (Å²) in [7, 11) is 0. The van der Waals surface area contributed by atoms with E-state index < -0.39 is 86.3 Å². The molecule has 12 nitrogen and oxygen atoms in total. The van der Waals surface area contributed by atoms with Gasteiger partial charge in [-0.3, -0.25) is 0 Å². The van der Waals surface area contributed by atoms with Gasteiger partial charge >= 0.3 is 0 Å². The van der Waals surface area contributed by atoms with Gasteiger partial charge in [-0.05, 0) is 19.3 Å². The summed E-state index contributed by atoms with van der Waals surface area (Å²) >= 11 is 0. The first-order valence-corrected chi connectivity index (χ1v) is 12.6. The van der Waals surface area contributed by atoms with Crippen molar-refractivity contribution in [3.63, 3.8) is 0 Å². The molecule has 3 rings (SSSR count). The number of aliphatic hydroxyl groups is 7. The average Bonchev–Trinajstić information content (AvgIpc) is 2.85. The molecule has 3 heterocycles. The Kier molecular flexibility index (Phi) is 10.3. The molecule has 3 aliphatic heterocycles. The van der Waals surface area contributed by atoms with Crippen molar-refractivity contribution < 1.29 is 59.4 Å². The van der Waals surface area contributed by atoms with Crippen LogP contribution in [0.15, 0.2) is 0 Å². The quantitative estimate of drug-likeness (QED) is 0.191. The molecule has 206 valence electrons. The number of ether oxygens (including phenoxy) is 5. The van der Waals surface area contributed by atoms with Gasteiger partial charge < -0.3 is 59.4 Å². The van der Waals surface area contributed by atoms with E-state index in [-0.39, 0.29) is 12.0 Å². The minimum absolute atomic E-state index is 0.300. The minimum Gasteiger partial charge on any atom is -0.394 e. The molecule has 12 heteroatoms. The van der Waals surface area contributed by atoms with Crippen molar-refractivity contribution in [3.8, 4) is 0 Å². The Morgan fingerprint density at radius 3 is 1.57 bits per heavy atom. The highest BCUT2D eigenvalue weighted by Crippen LogP contribution is 2.35. The van der Waals surface area contributed by atoms with E-state index in [0.717, 1.165) is 0 Å². The maximum absolute atomic E-state index is 11.1. The average molecular weight is 511 g/mol. The van der Waals surface area contributed by atoms with Gasteiger partial charge in [-0.2, -0.15) is 0 Å².